The molecule has 146 valence electrons. The molecule has 0 saturated heterocycles. The van der Waals surface area contributed by atoms with Crippen molar-refractivity contribution in [2.75, 3.05) is 20.8 Å². The van der Waals surface area contributed by atoms with Gasteiger partial charge in [0.15, 0.2) is 11.5 Å². The second-order valence-corrected chi connectivity index (χ2v) is 7.48. The highest BCUT2D eigenvalue weighted by Gasteiger charge is 2.17. The first-order valence-electron chi connectivity index (χ1n) is 8.29. The van der Waals surface area contributed by atoms with E-state index in [0.29, 0.717) is 11.5 Å². The molecule has 1 aromatic heterocycles. The topological polar surface area (TPSA) is 107 Å². The van der Waals surface area contributed by atoms with Crippen LogP contribution in [-0.4, -0.2) is 40.1 Å². The van der Waals surface area contributed by atoms with Crippen molar-refractivity contribution < 1.29 is 22.7 Å². The third kappa shape index (κ3) is 5.66. The molecule has 1 unspecified atom stereocenters. The fourth-order valence-corrected chi connectivity index (χ4v) is 3.43. The van der Waals surface area contributed by atoms with Gasteiger partial charge in [-0.05, 0) is 31.2 Å². The van der Waals surface area contributed by atoms with Crippen molar-refractivity contribution in [3.8, 4) is 11.5 Å². The number of amides is 1. The highest BCUT2D eigenvalue weighted by Crippen LogP contribution is 2.29. The summed E-state index contributed by atoms with van der Waals surface area (Å²) in [4.78, 5) is 16.2. The Labute approximate surface area is 159 Å². The average Bonchev–Trinajstić information content (AvgIpc) is 2.67. The van der Waals surface area contributed by atoms with Crippen LogP contribution in [0.2, 0.25) is 0 Å². The molecule has 2 N–H and O–H groups in total. The van der Waals surface area contributed by atoms with Gasteiger partial charge in [-0.2, -0.15) is 0 Å². The van der Waals surface area contributed by atoms with Gasteiger partial charge in [-0.15, -0.1) is 0 Å². The summed E-state index contributed by atoms with van der Waals surface area (Å²) in [5.41, 5.74) is 0.733. The van der Waals surface area contributed by atoms with Crippen molar-refractivity contribution in [3.63, 3.8) is 0 Å². The summed E-state index contributed by atoms with van der Waals surface area (Å²) in [6.45, 7) is 1.78. The predicted molar refractivity (Wildman–Crippen MR) is 100 cm³/mol. The Morgan fingerprint density at radius 3 is 2.52 bits per heavy atom. The largest absolute Gasteiger partial charge is 0.493 e. The van der Waals surface area contributed by atoms with Crippen LogP contribution in [0.1, 0.15) is 25.1 Å². The van der Waals surface area contributed by atoms with E-state index in [4.69, 9.17) is 9.47 Å². The van der Waals surface area contributed by atoms with Crippen LogP contribution in [0.5, 0.6) is 11.5 Å². The molecule has 1 aromatic carbocycles. The van der Waals surface area contributed by atoms with Crippen LogP contribution in [-0.2, 0) is 14.8 Å². The van der Waals surface area contributed by atoms with Gasteiger partial charge in [0.1, 0.15) is 0 Å². The number of ether oxygens (including phenoxy) is 2. The number of aromatic nitrogens is 1. The monoisotopic (exact) mass is 393 g/mol. The Balaban J connectivity index is 1.91. The molecule has 27 heavy (non-hydrogen) atoms. The maximum absolute atomic E-state index is 12.4. The van der Waals surface area contributed by atoms with Crippen LogP contribution < -0.4 is 19.5 Å². The van der Waals surface area contributed by atoms with Gasteiger partial charge in [-0.3, -0.25) is 9.78 Å². The van der Waals surface area contributed by atoms with Gasteiger partial charge in [0.2, 0.25) is 15.9 Å². The smallest absolute Gasteiger partial charge is 0.240 e. The molecule has 1 atom stereocenters. The Morgan fingerprint density at radius 2 is 1.89 bits per heavy atom. The highest BCUT2D eigenvalue weighted by atomic mass is 32.2. The number of hydrogen-bond donors (Lipinski definition) is 2. The number of carbonyl (C=O) groups excluding carboxylic acids is 1. The molecule has 9 heteroatoms. The number of rotatable bonds is 9. The zero-order valence-corrected chi connectivity index (χ0v) is 16.2. The molecule has 0 radical (unpaired) electrons. The molecule has 0 aliphatic rings. The van der Waals surface area contributed by atoms with E-state index in [1.54, 1.807) is 12.3 Å². The maximum Gasteiger partial charge on any atom is 0.240 e. The molecule has 8 nitrogen and oxygen atoms in total. The average molecular weight is 393 g/mol. The zero-order chi connectivity index (χ0) is 19.9. The minimum absolute atomic E-state index is 0.00366. The Hall–Kier alpha value is -2.65. The summed E-state index contributed by atoms with van der Waals surface area (Å²) in [5.74, 6) is 0.463. The van der Waals surface area contributed by atoms with Gasteiger partial charge in [-0.25, -0.2) is 13.1 Å². The van der Waals surface area contributed by atoms with Crippen molar-refractivity contribution in [1.82, 2.24) is 15.0 Å². The second-order valence-electron chi connectivity index (χ2n) is 5.71. The van der Waals surface area contributed by atoms with Crippen molar-refractivity contribution >= 4 is 15.9 Å². The SMILES string of the molecule is COc1ccc(S(=O)(=O)NCCC(=O)NC(C)c2ccccn2)cc1OC. The van der Waals surface area contributed by atoms with Gasteiger partial charge in [0, 0.05) is 25.2 Å². The van der Waals surface area contributed by atoms with E-state index >= 15 is 0 Å². The number of benzene rings is 1. The molecule has 0 saturated carbocycles. The number of hydrogen-bond acceptors (Lipinski definition) is 6. The fourth-order valence-electron chi connectivity index (χ4n) is 2.39. The van der Waals surface area contributed by atoms with Gasteiger partial charge >= 0.3 is 0 Å². The predicted octanol–water partition coefficient (Wildman–Crippen LogP) is 1.64. The summed E-state index contributed by atoms with van der Waals surface area (Å²) < 4.78 is 37.4. The third-order valence-corrected chi connectivity index (χ3v) is 5.28. The van der Waals surface area contributed by atoms with Gasteiger partial charge in [0.05, 0.1) is 30.9 Å². The third-order valence-electron chi connectivity index (χ3n) is 3.82. The molecule has 2 aromatic rings. The van der Waals surface area contributed by atoms with Gasteiger partial charge in [0.25, 0.3) is 0 Å². The first-order chi connectivity index (χ1) is 12.9. The number of nitrogens with zero attached hydrogens (tertiary/aromatic N) is 1. The number of methoxy groups -OCH3 is 2. The van der Waals surface area contributed by atoms with E-state index in [2.05, 4.69) is 15.0 Å². The molecule has 0 aliphatic carbocycles. The highest BCUT2D eigenvalue weighted by molar-refractivity contribution is 7.89. The minimum Gasteiger partial charge on any atom is -0.493 e. The molecule has 1 amide bonds. The summed E-state index contributed by atoms with van der Waals surface area (Å²) in [6, 6.07) is 9.46. The summed E-state index contributed by atoms with van der Waals surface area (Å²) in [5, 5.41) is 2.78. The molecule has 0 bridgehead atoms. The van der Waals surface area contributed by atoms with Gasteiger partial charge < -0.3 is 14.8 Å². The molecule has 1 heterocycles. The molecule has 0 aliphatic heterocycles. The van der Waals surface area contributed by atoms with E-state index in [1.807, 2.05) is 19.1 Å². The minimum atomic E-state index is -3.77. The quantitative estimate of drug-likeness (QED) is 0.671. The van der Waals surface area contributed by atoms with E-state index in [1.165, 1.54) is 32.4 Å². The Morgan fingerprint density at radius 1 is 1.15 bits per heavy atom. The Bertz CT molecular complexity index is 872. The molecular formula is C18H23N3O5S. The number of pyridine rings is 1. The fraction of sp³-hybridized carbons (Fsp3) is 0.333. The number of sulfonamides is 1. The first kappa shape index (κ1) is 20.7. The van der Waals surface area contributed by atoms with E-state index in [0.717, 1.165) is 5.69 Å². The molecule has 0 spiro atoms. The van der Waals surface area contributed by atoms with Crippen LogP contribution in [0.25, 0.3) is 0 Å². The van der Waals surface area contributed by atoms with Crippen molar-refractivity contribution in [2.24, 2.45) is 0 Å². The molecule has 2 rings (SSSR count). The summed E-state index contributed by atoms with van der Waals surface area (Å²) in [7, 11) is -0.880. The lowest BCUT2D eigenvalue weighted by molar-refractivity contribution is -0.121. The van der Waals surface area contributed by atoms with Crippen LogP contribution in [0.4, 0.5) is 0 Å². The van der Waals surface area contributed by atoms with Crippen molar-refractivity contribution in [3.05, 3.63) is 48.3 Å². The lowest BCUT2D eigenvalue weighted by Crippen LogP contribution is -2.32. The van der Waals surface area contributed by atoms with E-state index < -0.39 is 10.0 Å². The number of nitrogens with one attached hydrogen (secondary N) is 2. The summed E-state index contributed by atoms with van der Waals surface area (Å²) in [6.07, 6.45) is 1.65. The zero-order valence-electron chi connectivity index (χ0n) is 15.4. The van der Waals surface area contributed by atoms with Crippen LogP contribution in [0.3, 0.4) is 0 Å². The summed E-state index contributed by atoms with van der Waals surface area (Å²) >= 11 is 0. The van der Waals surface area contributed by atoms with E-state index in [9.17, 15) is 13.2 Å². The standard InChI is InChI=1S/C18H23N3O5S/c1-13(15-6-4-5-10-19-15)21-18(22)9-11-20-27(23,24)14-7-8-16(25-2)17(12-14)26-3/h4-8,10,12-13,20H,9,11H2,1-3H3,(H,21,22). The molecule has 0 fully saturated rings. The maximum atomic E-state index is 12.4. The molecular weight excluding hydrogens is 370 g/mol. The van der Waals surface area contributed by atoms with Crippen molar-refractivity contribution in [1.29, 1.82) is 0 Å². The lowest BCUT2D eigenvalue weighted by Gasteiger charge is -2.14. The lowest BCUT2D eigenvalue weighted by atomic mass is 10.2. The second kappa shape index (κ2) is 9.33. The normalized spacial score (nSPS) is 12.3. The first-order valence-corrected chi connectivity index (χ1v) is 9.77. The van der Waals surface area contributed by atoms with Gasteiger partial charge in [-0.1, -0.05) is 6.07 Å². The van der Waals surface area contributed by atoms with Crippen LogP contribution in [0, 0.1) is 0 Å². The Kier molecular flexibility index (Phi) is 7.14. The van der Waals surface area contributed by atoms with Crippen LogP contribution in [0.15, 0.2) is 47.5 Å². The van der Waals surface area contributed by atoms with E-state index in [-0.39, 0.29) is 29.8 Å². The van der Waals surface area contributed by atoms with Crippen LogP contribution >= 0.6 is 0 Å². The number of carbonyl (C=O) groups is 1. The van der Waals surface area contributed by atoms with Crippen molar-refractivity contribution in [2.45, 2.75) is 24.3 Å².